The van der Waals surface area contributed by atoms with E-state index in [1.165, 1.54) is 6.07 Å². The molecule has 112 valence electrons. The molecular formula is C15H20FN5. The Morgan fingerprint density at radius 2 is 1.76 bits per heavy atom. The maximum absolute atomic E-state index is 14.3. The van der Waals surface area contributed by atoms with Crippen LogP contribution in [0.5, 0.6) is 0 Å². The number of hydrogen-bond acceptors (Lipinski definition) is 5. The molecule has 6 heteroatoms. The molecule has 0 bridgehead atoms. The topological polar surface area (TPSA) is 67.9 Å². The number of aromatic nitrogens is 3. The smallest absolute Gasteiger partial charge is 0.230 e. The van der Waals surface area contributed by atoms with Gasteiger partial charge in [0.05, 0.1) is 5.56 Å². The Hall–Kier alpha value is -2.24. The van der Waals surface area contributed by atoms with Gasteiger partial charge >= 0.3 is 0 Å². The van der Waals surface area contributed by atoms with Crippen molar-refractivity contribution in [2.45, 2.75) is 27.7 Å². The zero-order valence-corrected chi connectivity index (χ0v) is 12.8. The molecule has 0 spiro atoms. The van der Waals surface area contributed by atoms with E-state index < -0.39 is 0 Å². The fraction of sp³-hybridized carbons (Fsp3) is 0.400. The van der Waals surface area contributed by atoms with E-state index in [1.807, 2.05) is 38.7 Å². The summed E-state index contributed by atoms with van der Waals surface area (Å²) in [6, 6.07) is 3.37. The molecule has 0 aliphatic carbocycles. The molecule has 0 radical (unpaired) electrons. The Morgan fingerprint density at radius 3 is 2.33 bits per heavy atom. The van der Waals surface area contributed by atoms with Gasteiger partial charge in [-0.15, -0.1) is 0 Å². The van der Waals surface area contributed by atoms with Crippen LogP contribution >= 0.6 is 0 Å². The van der Waals surface area contributed by atoms with Gasteiger partial charge in [0.15, 0.2) is 5.82 Å². The second-order valence-electron chi connectivity index (χ2n) is 4.93. The second kappa shape index (κ2) is 6.03. The quantitative estimate of drug-likeness (QED) is 0.937. The molecule has 2 aromatic rings. The highest BCUT2D eigenvalue weighted by atomic mass is 19.1. The van der Waals surface area contributed by atoms with Gasteiger partial charge in [-0.2, -0.15) is 15.0 Å². The van der Waals surface area contributed by atoms with Crippen molar-refractivity contribution < 1.29 is 4.39 Å². The third kappa shape index (κ3) is 3.09. The van der Waals surface area contributed by atoms with E-state index in [-0.39, 0.29) is 17.6 Å². The summed E-state index contributed by atoms with van der Waals surface area (Å²) in [6.45, 7) is 9.18. The van der Waals surface area contributed by atoms with Crippen LogP contribution in [-0.2, 0) is 0 Å². The average Bonchev–Trinajstić information content (AvgIpc) is 2.38. The Labute approximate surface area is 124 Å². The fourth-order valence-corrected chi connectivity index (χ4v) is 2.34. The van der Waals surface area contributed by atoms with Crippen molar-refractivity contribution in [1.82, 2.24) is 15.0 Å². The summed E-state index contributed by atoms with van der Waals surface area (Å²) in [7, 11) is 0. The highest BCUT2D eigenvalue weighted by molar-refractivity contribution is 5.63. The molecule has 0 saturated carbocycles. The van der Waals surface area contributed by atoms with E-state index in [0.717, 1.165) is 24.2 Å². The van der Waals surface area contributed by atoms with Gasteiger partial charge in [-0.25, -0.2) is 4.39 Å². The molecule has 1 aromatic heterocycles. The van der Waals surface area contributed by atoms with Crippen molar-refractivity contribution in [2.75, 3.05) is 23.7 Å². The minimum absolute atomic E-state index is 0.0984. The Bertz CT molecular complexity index is 630. The van der Waals surface area contributed by atoms with Crippen LogP contribution in [0.2, 0.25) is 0 Å². The van der Waals surface area contributed by atoms with Gasteiger partial charge in [-0.05, 0) is 44.9 Å². The Balaban J connectivity index is 2.60. The summed E-state index contributed by atoms with van der Waals surface area (Å²) in [5.74, 6) is 0.506. The number of hydrogen-bond donors (Lipinski definition) is 1. The van der Waals surface area contributed by atoms with Gasteiger partial charge in [-0.1, -0.05) is 6.07 Å². The number of nitrogen functional groups attached to an aromatic ring is 1. The van der Waals surface area contributed by atoms with Crippen molar-refractivity contribution in [3.63, 3.8) is 0 Å². The summed E-state index contributed by atoms with van der Waals surface area (Å²) in [5, 5.41) is 0. The summed E-state index contributed by atoms with van der Waals surface area (Å²) in [6.07, 6.45) is 0. The number of anilines is 2. The molecule has 5 nitrogen and oxygen atoms in total. The number of nitrogens with two attached hydrogens (primary N) is 1. The van der Waals surface area contributed by atoms with Gasteiger partial charge in [0, 0.05) is 13.1 Å². The first-order valence-electron chi connectivity index (χ1n) is 6.99. The van der Waals surface area contributed by atoms with Gasteiger partial charge in [0.25, 0.3) is 0 Å². The van der Waals surface area contributed by atoms with Crippen LogP contribution in [0.1, 0.15) is 25.0 Å². The van der Waals surface area contributed by atoms with Gasteiger partial charge < -0.3 is 10.6 Å². The molecule has 0 fully saturated rings. The lowest BCUT2D eigenvalue weighted by Crippen LogP contribution is -2.25. The normalized spacial score (nSPS) is 10.7. The van der Waals surface area contributed by atoms with Crippen molar-refractivity contribution in [2.24, 2.45) is 0 Å². The predicted octanol–water partition coefficient (Wildman–Crippen LogP) is 2.72. The lowest BCUT2D eigenvalue weighted by molar-refractivity contribution is 0.627. The average molecular weight is 289 g/mol. The fourth-order valence-electron chi connectivity index (χ4n) is 2.34. The zero-order chi connectivity index (χ0) is 15.6. The number of aryl methyl sites for hydroxylation is 2. The first kappa shape index (κ1) is 15.2. The third-order valence-electron chi connectivity index (χ3n) is 3.34. The van der Waals surface area contributed by atoms with Gasteiger partial charge in [0.1, 0.15) is 5.82 Å². The Morgan fingerprint density at radius 1 is 1.10 bits per heavy atom. The minimum atomic E-state index is -0.344. The van der Waals surface area contributed by atoms with Crippen molar-refractivity contribution in [3.05, 3.63) is 29.1 Å². The Kier molecular flexibility index (Phi) is 4.35. The molecule has 0 saturated heterocycles. The van der Waals surface area contributed by atoms with Crippen LogP contribution in [0.15, 0.2) is 12.1 Å². The van der Waals surface area contributed by atoms with Crippen molar-refractivity contribution in [3.8, 4) is 11.4 Å². The van der Waals surface area contributed by atoms with E-state index in [2.05, 4.69) is 15.0 Å². The van der Waals surface area contributed by atoms with E-state index in [4.69, 9.17) is 5.73 Å². The van der Waals surface area contributed by atoms with E-state index >= 15 is 0 Å². The SMILES string of the molecule is CCN(CC)c1nc(N)nc(-c2c(C)cc(C)cc2F)n1. The molecule has 0 atom stereocenters. The maximum Gasteiger partial charge on any atom is 0.230 e. The van der Waals surface area contributed by atoms with Crippen molar-refractivity contribution >= 4 is 11.9 Å². The van der Waals surface area contributed by atoms with Gasteiger partial charge in [0.2, 0.25) is 11.9 Å². The minimum Gasteiger partial charge on any atom is -0.368 e. The van der Waals surface area contributed by atoms with E-state index in [1.54, 1.807) is 0 Å². The maximum atomic E-state index is 14.3. The molecular weight excluding hydrogens is 269 g/mol. The van der Waals surface area contributed by atoms with Crippen LogP contribution in [0.3, 0.4) is 0 Å². The third-order valence-corrected chi connectivity index (χ3v) is 3.34. The van der Waals surface area contributed by atoms with E-state index in [0.29, 0.717) is 11.5 Å². The molecule has 2 rings (SSSR count). The molecule has 21 heavy (non-hydrogen) atoms. The molecule has 0 aliphatic rings. The molecule has 1 heterocycles. The monoisotopic (exact) mass is 289 g/mol. The largest absolute Gasteiger partial charge is 0.368 e. The highest BCUT2D eigenvalue weighted by Gasteiger charge is 2.16. The van der Waals surface area contributed by atoms with Crippen LogP contribution in [-0.4, -0.2) is 28.0 Å². The summed E-state index contributed by atoms with van der Waals surface area (Å²) in [4.78, 5) is 14.6. The van der Waals surface area contributed by atoms with Crippen molar-refractivity contribution in [1.29, 1.82) is 0 Å². The molecule has 2 N–H and O–H groups in total. The van der Waals surface area contributed by atoms with Crippen LogP contribution < -0.4 is 10.6 Å². The van der Waals surface area contributed by atoms with Crippen LogP contribution in [0.25, 0.3) is 11.4 Å². The van der Waals surface area contributed by atoms with E-state index in [9.17, 15) is 4.39 Å². The molecule has 0 unspecified atom stereocenters. The number of halogens is 1. The molecule has 0 amide bonds. The highest BCUT2D eigenvalue weighted by Crippen LogP contribution is 2.26. The number of benzene rings is 1. The summed E-state index contributed by atoms with van der Waals surface area (Å²) < 4.78 is 14.3. The van der Waals surface area contributed by atoms with Crippen LogP contribution in [0, 0.1) is 19.7 Å². The number of nitrogens with zero attached hydrogens (tertiary/aromatic N) is 4. The number of rotatable bonds is 4. The lowest BCUT2D eigenvalue weighted by Gasteiger charge is -2.19. The van der Waals surface area contributed by atoms with Gasteiger partial charge in [-0.3, -0.25) is 0 Å². The zero-order valence-electron chi connectivity index (χ0n) is 12.8. The lowest BCUT2D eigenvalue weighted by atomic mass is 10.0. The standard InChI is InChI=1S/C15H20FN5/c1-5-21(6-2)15-19-13(18-14(17)20-15)12-10(4)7-9(3)8-11(12)16/h7-8H,5-6H2,1-4H3,(H2,17,18,19,20). The summed E-state index contributed by atoms with van der Waals surface area (Å²) >= 11 is 0. The predicted molar refractivity (Wildman–Crippen MR) is 82.7 cm³/mol. The summed E-state index contributed by atoms with van der Waals surface area (Å²) in [5.41, 5.74) is 7.78. The second-order valence-corrected chi connectivity index (χ2v) is 4.93. The molecule has 1 aromatic carbocycles. The first-order chi connectivity index (χ1) is 9.96. The first-order valence-corrected chi connectivity index (χ1v) is 6.99. The van der Waals surface area contributed by atoms with Crippen LogP contribution in [0.4, 0.5) is 16.3 Å². The molecule has 0 aliphatic heterocycles.